The third-order valence-electron chi connectivity index (χ3n) is 8.07. The fraction of sp³-hybridized carbons (Fsp3) is 0.0811. The van der Waals surface area contributed by atoms with E-state index in [-0.39, 0.29) is 11.3 Å². The minimum absolute atomic E-state index is 0.229. The molecule has 0 fully saturated rings. The van der Waals surface area contributed by atoms with Gasteiger partial charge in [-0.3, -0.25) is 14.5 Å². The van der Waals surface area contributed by atoms with Crippen LogP contribution in [0.25, 0.3) is 33.2 Å². The standard InChI is InChI=1S/C37H27F3N4O5S/c1-21-5-2-3-6-27(21)29-13-10-24(28-7-4-15-42-35(28)29)17-32(37(46)47)43-36(45)34-30(38)19-25(20-31(34)39)44-50(48,49)26-11-8-22(9-12-26)23-14-16-41-33(40)18-23/h2-16,18-20,32,44H,17H2,1H3,(H,43,45)(H,46,47). The summed E-state index contributed by atoms with van der Waals surface area (Å²) in [5, 5.41) is 12.8. The Labute approximate surface area is 284 Å². The fourth-order valence-electron chi connectivity index (χ4n) is 5.62. The molecule has 1 atom stereocenters. The van der Waals surface area contributed by atoms with Crippen molar-refractivity contribution >= 4 is 38.5 Å². The molecule has 2 heterocycles. The van der Waals surface area contributed by atoms with Crippen molar-refractivity contribution in [3.63, 3.8) is 0 Å². The maximum absolute atomic E-state index is 15.2. The SMILES string of the molecule is Cc1ccccc1-c1ccc(CC(NC(=O)c2c(F)cc(NS(=O)(=O)c3ccc(-c4ccnc(F)c4)cc3)cc2F)C(=O)O)c2cccnc12. The molecule has 9 nitrogen and oxygen atoms in total. The highest BCUT2D eigenvalue weighted by Gasteiger charge is 2.27. The molecule has 6 aromatic rings. The highest BCUT2D eigenvalue weighted by molar-refractivity contribution is 7.92. The van der Waals surface area contributed by atoms with E-state index in [0.717, 1.165) is 16.7 Å². The predicted octanol–water partition coefficient (Wildman–Crippen LogP) is 6.92. The molecule has 0 spiro atoms. The second-order valence-electron chi connectivity index (χ2n) is 11.4. The number of rotatable bonds is 10. The van der Waals surface area contributed by atoms with E-state index in [9.17, 15) is 27.5 Å². The number of sulfonamides is 1. The van der Waals surface area contributed by atoms with Crippen molar-refractivity contribution in [2.75, 3.05) is 4.72 Å². The van der Waals surface area contributed by atoms with E-state index in [0.29, 0.717) is 39.7 Å². The maximum Gasteiger partial charge on any atom is 0.326 e. The van der Waals surface area contributed by atoms with Gasteiger partial charge in [0.1, 0.15) is 23.2 Å². The quantitative estimate of drug-likeness (QED) is 0.132. The lowest BCUT2D eigenvalue weighted by Crippen LogP contribution is -2.43. The van der Waals surface area contributed by atoms with E-state index >= 15 is 8.78 Å². The van der Waals surface area contributed by atoms with E-state index < -0.39 is 56.8 Å². The van der Waals surface area contributed by atoms with Gasteiger partial charge in [0.15, 0.2) is 0 Å². The number of carboxylic acid groups (broad SMARTS) is 1. The van der Waals surface area contributed by atoms with Crippen LogP contribution in [0.4, 0.5) is 18.9 Å². The molecule has 0 aliphatic rings. The van der Waals surface area contributed by atoms with Crippen LogP contribution in [-0.2, 0) is 21.2 Å². The normalized spacial score (nSPS) is 12.0. The molecule has 13 heteroatoms. The average molecular weight is 697 g/mol. The highest BCUT2D eigenvalue weighted by Crippen LogP contribution is 2.32. The number of nitrogens with one attached hydrogen (secondary N) is 2. The molecule has 1 amide bonds. The van der Waals surface area contributed by atoms with Crippen LogP contribution >= 0.6 is 0 Å². The highest BCUT2D eigenvalue weighted by atomic mass is 32.2. The number of aliphatic carboxylic acids is 1. The molecule has 50 heavy (non-hydrogen) atoms. The van der Waals surface area contributed by atoms with Gasteiger partial charge in [0.2, 0.25) is 5.95 Å². The summed E-state index contributed by atoms with van der Waals surface area (Å²) in [6.45, 7) is 1.96. The Kier molecular flexibility index (Phi) is 9.33. The molecule has 0 radical (unpaired) electrons. The molecular weight excluding hydrogens is 669 g/mol. The van der Waals surface area contributed by atoms with E-state index in [4.69, 9.17) is 0 Å². The largest absolute Gasteiger partial charge is 0.480 e. The lowest BCUT2D eigenvalue weighted by molar-refractivity contribution is -0.139. The third-order valence-corrected chi connectivity index (χ3v) is 9.47. The van der Waals surface area contributed by atoms with Crippen LogP contribution in [-0.4, -0.2) is 41.4 Å². The number of benzene rings is 4. The number of fused-ring (bicyclic) bond motifs is 1. The number of carbonyl (C=O) groups excluding carboxylic acids is 1. The molecule has 0 bridgehead atoms. The molecular formula is C37H27F3N4O5S. The zero-order chi connectivity index (χ0) is 35.6. The Morgan fingerprint density at radius 2 is 1.52 bits per heavy atom. The average Bonchev–Trinajstić information content (AvgIpc) is 3.08. The van der Waals surface area contributed by atoms with Crippen LogP contribution in [0.15, 0.2) is 114 Å². The summed E-state index contributed by atoms with van der Waals surface area (Å²) in [4.78, 5) is 33.1. The van der Waals surface area contributed by atoms with Gasteiger partial charge in [0.25, 0.3) is 15.9 Å². The van der Waals surface area contributed by atoms with Crippen molar-refractivity contribution in [2.24, 2.45) is 0 Å². The van der Waals surface area contributed by atoms with Gasteiger partial charge in [-0.15, -0.1) is 0 Å². The Morgan fingerprint density at radius 3 is 2.20 bits per heavy atom. The Balaban J connectivity index is 1.20. The van der Waals surface area contributed by atoms with Crippen molar-refractivity contribution in [2.45, 2.75) is 24.3 Å². The minimum Gasteiger partial charge on any atom is -0.480 e. The molecule has 252 valence electrons. The topological polar surface area (TPSA) is 138 Å². The molecule has 2 aromatic heterocycles. The van der Waals surface area contributed by atoms with Crippen LogP contribution < -0.4 is 10.0 Å². The second kappa shape index (κ2) is 13.8. The van der Waals surface area contributed by atoms with Gasteiger partial charge in [-0.05, 0) is 71.1 Å². The van der Waals surface area contributed by atoms with Gasteiger partial charge < -0.3 is 10.4 Å². The Bertz CT molecular complexity index is 2370. The fourth-order valence-corrected chi connectivity index (χ4v) is 6.66. The van der Waals surface area contributed by atoms with Crippen molar-refractivity contribution < 1.29 is 36.3 Å². The predicted molar refractivity (Wildman–Crippen MR) is 181 cm³/mol. The van der Waals surface area contributed by atoms with Gasteiger partial charge in [0.05, 0.1) is 16.1 Å². The lowest BCUT2D eigenvalue weighted by Gasteiger charge is -2.18. The first kappa shape index (κ1) is 33.8. The second-order valence-corrected chi connectivity index (χ2v) is 13.0. The van der Waals surface area contributed by atoms with Gasteiger partial charge in [-0.1, -0.05) is 54.6 Å². The zero-order valence-electron chi connectivity index (χ0n) is 26.2. The number of carboxylic acids is 1. The summed E-state index contributed by atoms with van der Waals surface area (Å²) >= 11 is 0. The molecule has 1 unspecified atom stereocenters. The number of aryl methyl sites for hydroxylation is 1. The molecule has 4 aromatic carbocycles. The molecule has 6 rings (SSSR count). The molecule has 0 aliphatic carbocycles. The molecule has 0 aliphatic heterocycles. The van der Waals surface area contributed by atoms with Crippen molar-refractivity contribution in [1.82, 2.24) is 15.3 Å². The molecule has 0 saturated heterocycles. The summed E-state index contributed by atoms with van der Waals surface area (Å²) in [5.74, 6) is -6.34. The summed E-state index contributed by atoms with van der Waals surface area (Å²) < 4.78 is 71.9. The lowest BCUT2D eigenvalue weighted by atomic mass is 9.93. The van der Waals surface area contributed by atoms with Crippen LogP contribution in [0.2, 0.25) is 0 Å². The van der Waals surface area contributed by atoms with E-state index in [2.05, 4.69) is 20.0 Å². The van der Waals surface area contributed by atoms with Gasteiger partial charge >= 0.3 is 5.97 Å². The summed E-state index contributed by atoms with van der Waals surface area (Å²) in [6, 6.07) is 22.4. The van der Waals surface area contributed by atoms with E-state index in [1.807, 2.05) is 37.3 Å². The third kappa shape index (κ3) is 7.03. The van der Waals surface area contributed by atoms with Crippen molar-refractivity contribution in [1.29, 1.82) is 0 Å². The zero-order valence-corrected chi connectivity index (χ0v) is 27.0. The number of hydrogen-bond donors (Lipinski definition) is 3. The number of aromatic nitrogens is 2. The van der Waals surface area contributed by atoms with Crippen molar-refractivity contribution in [3.05, 3.63) is 144 Å². The van der Waals surface area contributed by atoms with Gasteiger partial charge in [-0.25, -0.2) is 27.0 Å². The minimum atomic E-state index is -4.35. The number of hydrogen-bond acceptors (Lipinski definition) is 6. The van der Waals surface area contributed by atoms with Crippen LogP contribution in [0, 0.1) is 24.5 Å². The van der Waals surface area contributed by atoms with Crippen LogP contribution in [0.1, 0.15) is 21.5 Å². The summed E-state index contributed by atoms with van der Waals surface area (Å²) in [7, 11) is -4.35. The number of halogens is 3. The van der Waals surface area contributed by atoms with E-state index in [1.165, 1.54) is 42.6 Å². The van der Waals surface area contributed by atoms with Crippen LogP contribution in [0.3, 0.4) is 0 Å². The first-order valence-corrected chi connectivity index (χ1v) is 16.6. The number of amides is 1. The number of anilines is 1. The van der Waals surface area contributed by atoms with Crippen LogP contribution in [0.5, 0.6) is 0 Å². The number of carbonyl (C=O) groups is 2. The van der Waals surface area contributed by atoms with Gasteiger partial charge in [-0.2, -0.15) is 4.39 Å². The molecule has 0 saturated carbocycles. The monoisotopic (exact) mass is 696 g/mol. The van der Waals surface area contributed by atoms with Gasteiger partial charge in [0, 0.05) is 35.8 Å². The number of nitrogens with zero attached hydrogens (tertiary/aromatic N) is 2. The molecule has 3 N–H and O–H groups in total. The first-order chi connectivity index (χ1) is 23.9. The summed E-state index contributed by atoms with van der Waals surface area (Å²) in [6.07, 6.45) is 2.65. The maximum atomic E-state index is 15.2. The first-order valence-electron chi connectivity index (χ1n) is 15.1. The van der Waals surface area contributed by atoms with Crippen molar-refractivity contribution in [3.8, 4) is 22.3 Å². The number of pyridine rings is 2. The van der Waals surface area contributed by atoms with E-state index in [1.54, 1.807) is 24.4 Å². The summed E-state index contributed by atoms with van der Waals surface area (Å²) in [5.41, 5.74) is 3.29. The Morgan fingerprint density at radius 1 is 0.800 bits per heavy atom. The Hall–Kier alpha value is -6.08. The smallest absolute Gasteiger partial charge is 0.326 e.